The molecule has 0 aromatic heterocycles. The minimum absolute atomic E-state index is 0.0737. The van der Waals surface area contributed by atoms with Crippen LogP contribution in [0.4, 0.5) is 10.5 Å². The Morgan fingerprint density at radius 1 is 1.10 bits per heavy atom. The minimum Gasteiger partial charge on any atom is -0.468 e. The van der Waals surface area contributed by atoms with Gasteiger partial charge in [0.25, 0.3) is 5.69 Å². The van der Waals surface area contributed by atoms with Crippen molar-refractivity contribution in [2.45, 2.75) is 58.4 Å². The summed E-state index contributed by atoms with van der Waals surface area (Å²) >= 11 is 0. The number of hydrogen-bond acceptors (Lipinski definition) is 9. The summed E-state index contributed by atoms with van der Waals surface area (Å²) in [7, 11) is 1.36. The zero-order valence-corrected chi connectivity index (χ0v) is 23.1. The average Bonchev–Trinajstić information content (AvgIpc) is 2.93. The largest absolute Gasteiger partial charge is 0.468 e. The van der Waals surface area contributed by atoms with Crippen LogP contribution in [0.2, 0.25) is 0 Å². The summed E-state index contributed by atoms with van der Waals surface area (Å²) in [5, 5.41) is 11.5. The Hall–Kier alpha value is -4.25. The van der Waals surface area contributed by atoms with E-state index < -0.39 is 29.1 Å². The number of non-ortho nitro benzene ring substituents is 1. The molecule has 1 atom stereocenters. The van der Waals surface area contributed by atoms with Gasteiger partial charge in [0.1, 0.15) is 12.1 Å². The number of carbonyl (C=O) groups excluding carboxylic acids is 2. The number of methoxy groups -OCH3 is 1. The number of esters is 1. The SMILES string of the molecule is COC1=NC(C)=C(C(=O)OC(C)C)C(c2cccc([N+](=O)[O-])c2)N1C(=O)OC1CCN(Cc2ccccc2)CC1. The van der Waals surface area contributed by atoms with E-state index in [9.17, 15) is 19.7 Å². The summed E-state index contributed by atoms with van der Waals surface area (Å²) in [6.07, 6.45) is -0.301. The van der Waals surface area contributed by atoms with E-state index in [-0.39, 0.29) is 29.1 Å². The second-order valence-electron chi connectivity index (χ2n) is 10.0. The van der Waals surface area contributed by atoms with Gasteiger partial charge in [0.2, 0.25) is 0 Å². The van der Waals surface area contributed by atoms with Gasteiger partial charge in [-0.3, -0.25) is 15.0 Å². The lowest BCUT2D eigenvalue weighted by Gasteiger charge is -2.37. The highest BCUT2D eigenvalue weighted by molar-refractivity contribution is 5.99. The Labute approximate surface area is 233 Å². The van der Waals surface area contributed by atoms with Crippen molar-refractivity contribution in [2.75, 3.05) is 20.2 Å². The van der Waals surface area contributed by atoms with Gasteiger partial charge in [-0.15, -0.1) is 0 Å². The molecule has 0 saturated carbocycles. The minimum atomic E-state index is -1.11. The Bertz CT molecular complexity index is 1300. The van der Waals surface area contributed by atoms with Crippen molar-refractivity contribution in [1.29, 1.82) is 0 Å². The molecule has 2 aromatic carbocycles. The predicted molar refractivity (Wildman–Crippen MR) is 147 cm³/mol. The van der Waals surface area contributed by atoms with Crippen LogP contribution in [-0.2, 0) is 25.5 Å². The Balaban J connectivity index is 1.59. The van der Waals surface area contributed by atoms with Gasteiger partial charge in [-0.1, -0.05) is 42.5 Å². The number of hydrogen-bond donors (Lipinski definition) is 0. The number of amides is 1. The van der Waals surface area contributed by atoms with Crippen molar-refractivity contribution in [3.8, 4) is 0 Å². The number of allylic oxidation sites excluding steroid dienone is 1. The number of nitrogens with zero attached hydrogens (tertiary/aromatic N) is 4. The number of nitro groups is 1. The van der Waals surface area contributed by atoms with Crippen LogP contribution in [-0.4, -0.2) is 65.2 Å². The van der Waals surface area contributed by atoms with E-state index >= 15 is 0 Å². The van der Waals surface area contributed by atoms with Gasteiger partial charge in [0.05, 0.1) is 29.4 Å². The first kappa shape index (κ1) is 28.8. The summed E-state index contributed by atoms with van der Waals surface area (Å²) in [6, 6.07) is 14.7. The number of nitro benzene ring substituents is 1. The first-order chi connectivity index (χ1) is 19.2. The quantitative estimate of drug-likeness (QED) is 0.269. The van der Waals surface area contributed by atoms with E-state index in [4.69, 9.17) is 14.2 Å². The van der Waals surface area contributed by atoms with E-state index in [1.165, 1.54) is 30.9 Å². The van der Waals surface area contributed by atoms with Crippen molar-refractivity contribution in [3.05, 3.63) is 87.1 Å². The normalized spacial score (nSPS) is 18.4. The summed E-state index contributed by atoms with van der Waals surface area (Å²) < 4.78 is 16.9. The molecule has 11 nitrogen and oxygen atoms in total. The number of benzene rings is 2. The first-order valence-electron chi connectivity index (χ1n) is 13.2. The highest BCUT2D eigenvalue weighted by atomic mass is 16.6. The van der Waals surface area contributed by atoms with E-state index in [0.717, 1.165) is 24.5 Å². The summed E-state index contributed by atoms with van der Waals surface area (Å²) in [4.78, 5) is 45.8. The van der Waals surface area contributed by atoms with Crippen molar-refractivity contribution < 1.29 is 28.7 Å². The molecule has 2 aromatic rings. The van der Waals surface area contributed by atoms with E-state index in [1.54, 1.807) is 26.8 Å². The predicted octanol–water partition coefficient (Wildman–Crippen LogP) is 4.98. The molecule has 0 aliphatic carbocycles. The van der Waals surface area contributed by atoms with Gasteiger partial charge in [-0.05, 0) is 44.7 Å². The molecule has 0 bridgehead atoms. The molecule has 1 unspecified atom stereocenters. The highest BCUT2D eigenvalue weighted by Gasteiger charge is 2.43. The van der Waals surface area contributed by atoms with Gasteiger partial charge in [-0.2, -0.15) is 0 Å². The van der Waals surface area contributed by atoms with E-state index in [1.807, 2.05) is 18.2 Å². The number of aliphatic imine (C=N–C) groups is 1. The zero-order valence-electron chi connectivity index (χ0n) is 23.1. The molecule has 2 heterocycles. The molecule has 40 heavy (non-hydrogen) atoms. The van der Waals surface area contributed by atoms with Crippen LogP contribution in [0.3, 0.4) is 0 Å². The maximum Gasteiger partial charge on any atom is 0.419 e. The fourth-order valence-corrected chi connectivity index (χ4v) is 4.91. The van der Waals surface area contributed by atoms with Gasteiger partial charge >= 0.3 is 18.1 Å². The molecule has 1 fully saturated rings. The van der Waals surface area contributed by atoms with Crippen LogP contribution in [0, 0.1) is 10.1 Å². The van der Waals surface area contributed by atoms with Gasteiger partial charge in [0, 0.05) is 31.8 Å². The van der Waals surface area contributed by atoms with E-state index in [2.05, 4.69) is 22.0 Å². The van der Waals surface area contributed by atoms with Crippen molar-refractivity contribution in [1.82, 2.24) is 9.80 Å². The molecule has 2 aliphatic heterocycles. The number of carbonyl (C=O) groups is 2. The standard InChI is InChI=1S/C29H34N4O7/c1-19(2)39-27(34)25-20(3)30-28(38-4)32(26(25)22-11-8-12-23(17-22)33(36)37)29(35)40-24-13-15-31(16-14-24)18-21-9-6-5-7-10-21/h5-12,17,19,24,26H,13-16,18H2,1-4H3. The number of ether oxygens (including phenoxy) is 3. The third kappa shape index (κ3) is 6.66. The van der Waals surface area contributed by atoms with Crippen LogP contribution in [0.25, 0.3) is 0 Å². The molecular formula is C29H34N4O7. The highest BCUT2D eigenvalue weighted by Crippen LogP contribution is 2.38. The van der Waals surface area contributed by atoms with Gasteiger partial charge < -0.3 is 14.2 Å². The monoisotopic (exact) mass is 550 g/mol. The molecule has 4 rings (SSSR count). The molecule has 212 valence electrons. The molecule has 11 heteroatoms. The number of amidine groups is 1. The molecule has 2 aliphatic rings. The topological polar surface area (TPSA) is 124 Å². The fraction of sp³-hybridized carbons (Fsp3) is 0.414. The van der Waals surface area contributed by atoms with Crippen LogP contribution >= 0.6 is 0 Å². The van der Waals surface area contributed by atoms with Crippen molar-refractivity contribution in [2.24, 2.45) is 4.99 Å². The Morgan fingerprint density at radius 2 is 1.80 bits per heavy atom. The number of piperidine rings is 1. The lowest BCUT2D eigenvalue weighted by molar-refractivity contribution is -0.384. The summed E-state index contributed by atoms with van der Waals surface area (Å²) in [5.74, 6) is -0.685. The Kier molecular flexibility index (Phi) is 9.15. The smallest absolute Gasteiger partial charge is 0.419 e. The van der Waals surface area contributed by atoms with Gasteiger partial charge in [0.15, 0.2) is 0 Å². The maximum absolute atomic E-state index is 13.7. The lowest BCUT2D eigenvalue weighted by atomic mass is 9.94. The first-order valence-corrected chi connectivity index (χ1v) is 13.2. The molecule has 1 saturated heterocycles. The second kappa shape index (κ2) is 12.7. The van der Waals surface area contributed by atoms with Crippen LogP contribution in [0.5, 0.6) is 0 Å². The summed E-state index contributed by atoms with van der Waals surface area (Å²) in [5.41, 5.74) is 1.70. The van der Waals surface area contributed by atoms with Crippen LogP contribution in [0.15, 0.2) is 70.9 Å². The van der Waals surface area contributed by atoms with Crippen molar-refractivity contribution >= 4 is 23.8 Å². The van der Waals surface area contributed by atoms with Crippen LogP contribution < -0.4 is 0 Å². The zero-order chi connectivity index (χ0) is 28.8. The number of rotatable bonds is 7. The third-order valence-electron chi connectivity index (χ3n) is 6.78. The average molecular weight is 551 g/mol. The second-order valence-corrected chi connectivity index (χ2v) is 10.0. The number of likely N-dealkylation sites (tertiary alicyclic amines) is 1. The maximum atomic E-state index is 13.7. The van der Waals surface area contributed by atoms with E-state index in [0.29, 0.717) is 18.4 Å². The molecule has 0 radical (unpaired) electrons. The molecular weight excluding hydrogens is 516 g/mol. The molecule has 0 spiro atoms. The van der Waals surface area contributed by atoms with Gasteiger partial charge in [-0.25, -0.2) is 19.5 Å². The Morgan fingerprint density at radius 3 is 2.42 bits per heavy atom. The van der Waals surface area contributed by atoms with Crippen molar-refractivity contribution in [3.63, 3.8) is 0 Å². The molecule has 0 N–H and O–H groups in total. The van der Waals surface area contributed by atoms with Crippen LogP contribution in [0.1, 0.15) is 50.8 Å². The molecule has 1 amide bonds. The third-order valence-corrected chi connectivity index (χ3v) is 6.78. The summed E-state index contributed by atoms with van der Waals surface area (Å²) in [6.45, 7) is 7.33. The lowest BCUT2D eigenvalue weighted by Crippen LogP contribution is -2.47. The fourth-order valence-electron chi connectivity index (χ4n) is 4.91.